The molecule has 2 aromatic rings. The molecule has 0 unspecified atom stereocenters. The molecule has 0 fully saturated rings. The first kappa shape index (κ1) is 11.3. The number of carbonyl (C=O) groups excluding carboxylic acids is 1. The molecule has 2 rings (SSSR count). The average molecular weight is 227 g/mol. The van der Waals surface area contributed by atoms with E-state index in [0.717, 1.165) is 6.42 Å². The molecule has 1 aromatic carbocycles. The lowest BCUT2D eigenvalue weighted by Gasteiger charge is -2.05. The fourth-order valence-electron chi connectivity index (χ4n) is 1.72. The van der Waals surface area contributed by atoms with Crippen molar-refractivity contribution in [2.24, 2.45) is 0 Å². The first-order valence-electron chi connectivity index (χ1n) is 5.50. The lowest BCUT2D eigenvalue weighted by molar-refractivity contribution is 0.112. The molecule has 1 heterocycles. The van der Waals surface area contributed by atoms with Crippen molar-refractivity contribution in [1.82, 2.24) is 4.57 Å². The van der Waals surface area contributed by atoms with E-state index in [1.165, 1.54) is 11.6 Å². The summed E-state index contributed by atoms with van der Waals surface area (Å²) in [5.74, 6) is 0. The van der Waals surface area contributed by atoms with Gasteiger partial charge in [-0.05, 0) is 24.1 Å². The highest BCUT2D eigenvalue weighted by Crippen LogP contribution is 2.00. The predicted molar refractivity (Wildman–Crippen MR) is 66.2 cm³/mol. The van der Waals surface area contributed by atoms with Gasteiger partial charge in [0.05, 0.1) is 5.56 Å². The largest absolute Gasteiger partial charge is 0.315 e. The Morgan fingerprint density at radius 2 is 1.82 bits per heavy atom. The summed E-state index contributed by atoms with van der Waals surface area (Å²) in [5, 5.41) is 0. The van der Waals surface area contributed by atoms with Crippen LogP contribution >= 0.6 is 0 Å². The molecule has 3 nitrogen and oxygen atoms in total. The summed E-state index contributed by atoms with van der Waals surface area (Å²) < 4.78 is 1.57. The predicted octanol–water partition coefficient (Wildman–Crippen LogP) is 1.90. The van der Waals surface area contributed by atoms with Crippen molar-refractivity contribution in [1.29, 1.82) is 0 Å². The summed E-state index contributed by atoms with van der Waals surface area (Å²) in [6, 6.07) is 13.2. The maximum Gasteiger partial charge on any atom is 0.261 e. The number of hydrogen-bond acceptors (Lipinski definition) is 2. The third kappa shape index (κ3) is 2.69. The second-order valence-corrected chi connectivity index (χ2v) is 3.82. The van der Waals surface area contributed by atoms with Crippen molar-refractivity contribution in [3.05, 3.63) is 70.1 Å². The van der Waals surface area contributed by atoms with Gasteiger partial charge >= 0.3 is 0 Å². The number of hydrogen-bond donors (Lipinski definition) is 0. The van der Waals surface area contributed by atoms with E-state index in [9.17, 15) is 9.59 Å². The first-order chi connectivity index (χ1) is 8.31. The maximum absolute atomic E-state index is 11.8. The summed E-state index contributed by atoms with van der Waals surface area (Å²) >= 11 is 0. The number of benzene rings is 1. The second-order valence-electron chi connectivity index (χ2n) is 3.82. The molecular formula is C14H13NO2. The van der Waals surface area contributed by atoms with Crippen molar-refractivity contribution in [2.75, 3.05) is 0 Å². The van der Waals surface area contributed by atoms with Crippen LogP contribution in [0.5, 0.6) is 0 Å². The molecule has 0 aliphatic carbocycles. The van der Waals surface area contributed by atoms with Crippen LogP contribution in [0.3, 0.4) is 0 Å². The van der Waals surface area contributed by atoms with Crippen LogP contribution in [0.2, 0.25) is 0 Å². The van der Waals surface area contributed by atoms with E-state index in [-0.39, 0.29) is 11.1 Å². The highest BCUT2D eigenvalue weighted by atomic mass is 16.1. The Morgan fingerprint density at radius 3 is 2.53 bits per heavy atom. The van der Waals surface area contributed by atoms with Crippen LogP contribution in [0.4, 0.5) is 0 Å². The lowest BCUT2D eigenvalue weighted by Crippen LogP contribution is -2.23. The summed E-state index contributed by atoms with van der Waals surface area (Å²) in [4.78, 5) is 22.4. The Kier molecular flexibility index (Phi) is 3.50. The lowest BCUT2D eigenvalue weighted by atomic mass is 10.1. The molecule has 0 bridgehead atoms. The maximum atomic E-state index is 11.8. The minimum atomic E-state index is -0.224. The van der Waals surface area contributed by atoms with Crippen molar-refractivity contribution in [3.63, 3.8) is 0 Å². The molecule has 0 atom stereocenters. The number of carbonyl (C=O) groups is 1. The fraction of sp³-hybridized carbons (Fsp3) is 0.143. The van der Waals surface area contributed by atoms with Gasteiger partial charge in [0.25, 0.3) is 5.56 Å². The van der Waals surface area contributed by atoms with Crippen LogP contribution in [0.15, 0.2) is 53.5 Å². The Labute approximate surface area is 99.3 Å². The zero-order chi connectivity index (χ0) is 12.1. The Bertz CT molecular complexity index is 558. The number of aromatic nitrogens is 1. The topological polar surface area (TPSA) is 39.1 Å². The molecule has 86 valence electrons. The summed E-state index contributed by atoms with van der Waals surface area (Å²) in [6.45, 7) is 0.588. The van der Waals surface area contributed by atoms with Gasteiger partial charge in [0.1, 0.15) is 0 Å². The van der Waals surface area contributed by atoms with Gasteiger partial charge < -0.3 is 4.57 Å². The quantitative estimate of drug-likeness (QED) is 0.748. The SMILES string of the molecule is O=Cc1cccn(CCc2ccccc2)c1=O. The van der Waals surface area contributed by atoms with Gasteiger partial charge in [-0.25, -0.2) is 0 Å². The molecule has 17 heavy (non-hydrogen) atoms. The highest BCUT2D eigenvalue weighted by Gasteiger charge is 2.01. The molecule has 0 spiro atoms. The van der Waals surface area contributed by atoms with Gasteiger partial charge in [-0.1, -0.05) is 30.3 Å². The molecule has 1 aromatic heterocycles. The van der Waals surface area contributed by atoms with E-state index < -0.39 is 0 Å². The molecule has 0 radical (unpaired) electrons. The van der Waals surface area contributed by atoms with Crippen molar-refractivity contribution in [2.45, 2.75) is 13.0 Å². The van der Waals surface area contributed by atoms with E-state index in [0.29, 0.717) is 12.8 Å². The standard InChI is InChI=1S/C14H13NO2/c16-11-13-7-4-9-15(14(13)17)10-8-12-5-2-1-3-6-12/h1-7,9,11H,8,10H2. The van der Waals surface area contributed by atoms with E-state index in [4.69, 9.17) is 0 Å². The number of aldehydes is 1. The minimum absolute atomic E-state index is 0.209. The smallest absolute Gasteiger partial charge is 0.261 e. The number of rotatable bonds is 4. The Morgan fingerprint density at radius 1 is 1.06 bits per heavy atom. The zero-order valence-electron chi connectivity index (χ0n) is 9.37. The van der Waals surface area contributed by atoms with Gasteiger partial charge in [-0.15, -0.1) is 0 Å². The number of aryl methyl sites for hydroxylation is 2. The monoisotopic (exact) mass is 227 g/mol. The Hall–Kier alpha value is -2.16. The number of pyridine rings is 1. The van der Waals surface area contributed by atoms with Crippen molar-refractivity contribution < 1.29 is 4.79 Å². The summed E-state index contributed by atoms with van der Waals surface area (Å²) in [7, 11) is 0. The van der Waals surface area contributed by atoms with Crippen LogP contribution < -0.4 is 5.56 Å². The van der Waals surface area contributed by atoms with E-state index in [2.05, 4.69) is 0 Å². The van der Waals surface area contributed by atoms with Gasteiger partial charge in [-0.2, -0.15) is 0 Å². The van der Waals surface area contributed by atoms with Crippen LogP contribution in [-0.4, -0.2) is 10.9 Å². The number of nitrogens with zero attached hydrogens (tertiary/aromatic N) is 1. The third-order valence-corrected chi connectivity index (χ3v) is 2.66. The van der Waals surface area contributed by atoms with Crippen LogP contribution in [0.1, 0.15) is 15.9 Å². The van der Waals surface area contributed by atoms with Gasteiger partial charge in [0, 0.05) is 12.7 Å². The molecular weight excluding hydrogens is 214 g/mol. The molecule has 0 saturated carbocycles. The normalized spacial score (nSPS) is 10.1. The highest BCUT2D eigenvalue weighted by molar-refractivity contribution is 5.73. The van der Waals surface area contributed by atoms with E-state index in [1.807, 2.05) is 30.3 Å². The van der Waals surface area contributed by atoms with Crippen LogP contribution in [0, 0.1) is 0 Å². The summed E-state index contributed by atoms with van der Waals surface area (Å²) in [6.07, 6.45) is 3.09. The molecule has 0 aliphatic rings. The van der Waals surface area contributed by atoms with Crippen LogP contribution in [0.25, 0.3) is 0 Å². The van der Waals surface area contributed by atoms with Crippen LogP contribution in [-0.2, 0) is 13.0 Å². The molecule has 0 amide bonds. The average Bonchev–Trinajstić information content (AvgIpc) is 2.39. The molecule has 0 N–H and O–H groups in total. The van der Waals surface area contributed by atoms with E-state index in [1.54, 1.807) is 16.8 Å². The first-order valence-corrected chi connectivity index (χ1v) is 5.50. The second kappa shape index (κ2) is 5.25. The molecule has 0 aliphatic heterocycles. The zero-order valence-corrected chi connectivity index (χ0v) is 9.37. The van der Waals surface area contributed by atoms with Gasteiger partial charge in [0.2, 0.25) is 0 Å². The van der Waals surface area contributed by atoms with Crippen molar-refractivity contribution >= 4 is 6.29 Å². The molecule has 3 heteroatoms. The third-order valence-electron chi connectivity index (χ3n) is 2.66. The fourth-order valence-corrected chi connectivity index (χ4v) is 1.72. The minimum Gasteiger partial charge on any atom is -0.315 e. The van der Waals surface area contributed by atoms with Gasteiger partial charge in [-0.3, -0.25) is 9.59 Å². The van der Waals surface area contributed by atoms with Crippen molar-refractivity contribution in [3.8, 4) is 0 Å². The van der Waals surface area contributed by atoms with Gasteiger partial charge in [0.15, 0.2) is 6.29 Å². The Balaban J connectivity index is 2.15. The molecule has 0 saturated heterocycles. The van der Waals surface area contributed by atoms with E-state index >= 15 is 0 Å². The summed E-state index contributed by atoms with van der Waals surface area (Å²) in [5.41, 5.74) is 1.16.